The Morgan fingerprint density at radius 3 is 2.23 bits per heavy atom. The molecule has 0 N–H and O–H groups in total. The van der Waals surface area contributed by atoms with Crippen molar-refractivity contribution in [3.8, 4) is 6.01 Å². The Labute approximate surface area is 152 Å². The molecule has 7 heteroatoms. The van der Waals surface area contributed by atoms with E-state index in [4.69, 9.17) is 4.74 Å². The van der Waals surface area contributed by atoms with E-state index in [0.29, 0.717) is 18.0 Å². The van der Waals surface area contributed by atoms with Gasteiger partial charge in [0, 0.05) is 18.9 Å². The predicted octanol–water partition coefficient (Wildman–Crippen LogP) is 5.56. The molecule has 0 radical (unpaired) electrons. The van der Waals surface area contributed by atoms with E-state index in [2.05, 4.69) is 23.8 Å². The maximum Gasteiger partial charge on any atom is 0.421 e. The van der Waals surface area contributed by atoms with Gasteiger partial charge >= 0.3 is 12.2 Å². The first-order valence-electron chi connectivity index (χ1n) is 8.58. The van der Waals surface area contributed by atoms with Gasteiger partial charge < -0.3 is 9.64 Å². The molecule has 4 nitrogen and oxygen atoms in total. The number of nitrogens with zero attached hydrogens (tertiary/aromatic N) is 3. The normalized spacial score (nSPS) is 13.0. The zero-order valence-electron chi connectivity index (χ0n) is 15.6. The second-order valence-electron chi connectivity index (χ2n) is 6.53. The van der Waals surface area contributed by atoms with Crippen molar-refractivity contribution in [2.75, 3.05) is 11.9 Å². The van der Waals surface area contributed by atoms with Crippen LogP contribution in [-0.4, -0.2) is 23.1 Å². The summed E-state index contributed by atoms with van der Waals surface area (Å²) in [4.78, 5) is 9.16. The van der Waals surface area contributed by atoms with E-state index in [1.165, 1.54) is 4.90 Å². The molecular formula is C19H24F3N3O. The van der Waals surface area contributed by atoms with Crippen molar-refractivity contribution >= 4 is 11.5 Å². The van der Waals surface area contributed by atoms with E-state index >= 15 is 0 Å². The molecular weight excluding hydrogens is 343 g/mol. The average molecular weight is 367 g/mol. The minimum Gasteiger partial charge on any atom is -0.460 e. The lowest BCUT2D eigenvalue weighted by molar-refractivity contribution is -0.137. The molecule has 1 aromatic carbocycles. The molecule has 26 heavy (non-hydrogen) atoms. The largest absolute Gasteiger partial charge is 0.460 e. The number of hydrogen-bond donors (Lipinski definition) is 0. The Morgan fingerprint density at radius 2 is 1.73 bits per heavy atom. The van der Waals surface area contributed by atoms with Crippen LogP contribution >= 0.6 is 0 Å². The maximum atomic E-state index is 13.4. The number of hydrogen-bond acceptors (Lipinski definition) is 4. The molecule has 0 aliphatic rings. The number of anilines is 2. The fourth-order valence-corrected chi connectivity index (χ4v) is 2.34. The number of ether oxygens (including phenoxy) is 1. The summed E-state index contributed by atoms with van der Waals surface area (Å²) >= 11 is 0. The van der Waals surface area contributed by atoms with Crippen molar-refractivity contribution in [3.05, 3.63) is 41.6 Å². The third-order valence-corrected chi connectivity index (χ3v) is 4.20. The summed E-state index contributed by atoms with van der Waals surface area (Å²) < 4.78 is 45.7. The average Bonchev–Trinajstić information content (AvgIpc) is 2.60. The van der Waals surface area contributed by atoms with Gasteiger partial charge in [0.25, 0.3) is 0 Å². The fourth-order valence-electron chi connectivity index (χ4n) is 2.34. The molecule has 0 amide bonds. The Bertz CT molecular complexity index is 730. The summed E-state index contributed by atoms with van der Waals surface area (Å²) in [7, 11) is 1.55. The molecule has 2 rings (SSSR count). The molecule has 1 unspecified atom stereocenters. The van der Waals surface area contributed by atoms with Crippen LogP contribution in [0.15, 0.2) is 30.5 Å². The van der Waals surface area contributed by atoms with Crippen LogP contribution in [0.3, 0.4) is 0 Å². The molecule has 1 atom stereocenters. The number of alkyl halides is 3. The van der Waals surface area contributed by atoms with Gasteiger partial charge in [-0.05, 0) is 37.0 Å². The first-order chi connectivity index (χ1) is 12.1. The number of rotatable bonds is 6. The Kier molecular flexibility index (Phi) is 6.10. The Balaban J connectivity index is 2.44. The van der Waals surface area contributed by atoms with E-state index < -0.39 is 11.7 Å². The predicted molar refractivity (Wildman–Crippen MR) is 96.0 cm³/mol. The summed E-state index contributed by atoms with van der Waals surface area (Å²) in [6.07, 6.45) is -3.27. The third kappa shape index (κ3) is 4.65. The van der Waals surface area contributed by atoms with Gasteiger partial charge in [-0.1, -0.05) is 32.9 Å². The van der Waals surface area contributed by atoms with Gasteiger partial charge in [0.1, 0.15) is 5.56 Å². The number of aromatic nitrogens is 2. The third-order valence-electron chi connectivity index (χ3n) is 4.20. The molecule has 0 saturated carbocycles. The van der Waals surface area contributed by atoms with Crippen molar-refractivity contribution in [3.63, 3.8) is 0 Å². The molecule has 0 aliphatic carbocycles. The summed E-state index contributed by atoms with van der Waals surface area (Å²) in [6, 6.07) is 7.32. The highest BCUT2D eigenvalue weighted by Crippen LogP contribution is 2.38. The standard InChI is InChI=1S/C19H24F3N3O/c1-6-13(4)26-18-23-11-16(19(20,21)22)17(24-18)25(5)15-9-7-14(8-10-15)12(2)3/h7-13H,6H2,1-5H3. The highest BCUT2D eigenvalue weighted by molar-refractivity contribution is 5.63. The first kappa shape index (κ1) is 20.0. The van der Waals surface area contributed by atoms with Gasteiger partial charge in [0.05, 0.1) is 6.10 Å². The van der Waals surface area contributed by atoms with Crippen LogP contribution in [0.5, 0.6) is 6.01 Å². The summed E-state index contributed by atoms with van der Waals surface area (Å²) in [5, 5.41) is 0. The van der Waals surface area contributed by atoms with Gasteiger partial charge in [-0.2, -0.15) is 18.2 Å². The van der Waals surface area contributed by atoms with Crippen LogP contribution in [0.4, 0.5) is 24.7 Å². The highest BCUT2D eigenvalue weighted by atomic mass is 19.4. The second-order valence-corrected chi connectivity index (χ2v) is 6.53. The Morgan fingerprint density at radius 1 is 1.12 bits per heavy atom. The molecule has 0 fully saturated rings. The lowest BCUT2D eigenvalue weighted by atomic mass is 10.0. The minimum absolute atomic E-state index is 0.0620. The van der Waals surface area contributed by atoms with E-state index in [0.717, 1.165) is 11.8 Å². The van der Waals surface area contributed by atoms with Crippen molar-refractivity contribution < 1.29 is 17.9 Å². The van der Waals surface area contributed by atoms with E-state index in [-0.39, 0.29) is 17.9 Å². The van der Waals surface area contributed by atoms with Crippen LogP contribution < -0.4 is 9.64 Å². The lowest BCUT2D eigenvalue weighted by Crippen LogP contribution is -2.20. The van der Waals surface area contributed by atoms with Crippen molar-refractivity contribution in [2.45, 2.75) is 52.3 Å². The van der Waals surface area contributed by atoms with E-state index in [1.807, 2.05) is 26.0 Å². The zero-order valence-corrected chi connectivity index (χ0v) is 15.6. The summed E-state index contributed by atoms with van der Waals surface area (Å²) in [5.41, 5.74) is 0.819. The van der Waals surface area contributed by atoms with E-state index in [9.17, 15) is 13.2 Å². The SMILES string of the molecule is CCC(C)Oc1ncc(C(F)(F)F)c(N(C)c2ccc(C(C)C)cc2)n1. The van der Waals surface area contributed by atoms with Crippen LogP contribution in [-0.2, 0) is 6.18 Å². The number of benzene rings is 1. The first-order valence-corrected chi connectivity index (χ1v) is 8.58. The second kappa shape index (κ2) is 7.93. The Hall–Kier alpha value is -2.31. The molecule has 0 saturated heterocycles. The van der Waals surface area contributed by atoms with Crippen LogP contribution in [0.2, 0.25) is 0 Å². The molecule has 2 aromatic rings. The molecule has 1 aromatic heterocycles. The molecule has 0 aliphatic heterocycles. The van der Waals surface area contributed by atoms with Gasteiger partial charge in [0.2, 0.25) is 0 Å². The van der Waals surface area contributed by atoms with Crippen molar-refractivity contribution in [1.29, 1.82) is 0 Å². The number of halogens is 3. The van der Waals surface area contributed by atoms with E-state index in [1.54, 1.807) is 19.2 Å². The zero-order chi connectivity index (χ0) is 19.5. The molecule has 0 bridgehead atoms. The lowest BCUT2D eigenvalue weighted by Gasteiger charge is -2.23. The molecule has 1 heterocycles. The van der Waals surface area contributed by atoms with Gasteiger partial charge in [-0.15, -0.1) is 0 Å². The van der Waals surface area contributed by atoms with Crippen molar-refractivity contribution in [2.24, 2.45) is 0 Å². The molecule has 0 spiro atoms. The summed E-state index contributed by atoms with van der Waals surface area (Å²) in [5.74, 6) is 0.109. The van der Waals surface area contributed by atoms with Gasteiger partial charge in [-0.25, -0.2) is 4.98 Å². The smallest absolute Gasteiger partial charge is 0.421 e. The van der Waals surface area contributed by atoms with Crippen LogP contribution in [0.25, 0.3) is 0 Å². The van der Waals surface area contributed by atoms with Gasteiger partial charge in [-0.3, -0.25) is 0 Å². The topological polar surface area (TPSA) is 38.2 Å². The minimum atomic E-state index is -4.56. The van der Waals surface area contributed by atoms with Gasteiger partial charge in [0.15, 0.2) is 5.82 Å². The van der Waals surface area contributed by atoms with Crippen LogP contribution in [0, 0.1) is 0 Å². The maximum absolute atomic E-state index is 13.4. The van der Waals surface area contributed by atoms with Crippen molar-refractivity contribution in [1.82, 2.24) is 9.97 Å². The quantitative estimate of drug-likeness (QED) is 0.670. The molecule has 142 valence electrons. The monoisotopic (exact) mass is 367 g/mol. The fraction of sp³-hybridized carbons (Fsp3) is 0.474. The van der Waals surface area contributed by atoms with Crippen LogP contribution in [0.1, 0.15) is 51.2 Å². The summed E-state index contributed by atoms with van der Waals surface area (Å²) in [6.45, 7) is 7.85. The highest BCUT2D eigenvalue weighted by Gasteiger charge is 2.36.